The van der Waals surface area contributed by atoms with Gasteiger partial charge >= 0.3 is 0 Å². The molecule has 4 heterocycles. The number of ether oxygens (including phenoxy) is 1. The Hall–Kier alpha value is -3.73. The molecule has 1 aromatic carbocycles. The number of nitrogens with zero attached hydrogens (tertiary/aromatic N) is 5. The van der Waals surface area contributed by atoms with Gasteiger partial charge in [-0.1, -0.05) is 6.92 Å². The van der Waals surface area contributed by atoms with Crippen molar-refractivity contribution in [1.82, 2.24) is 24.5 Å². The van der Waals surface area contributed by atoms with Gasteiger partial charge in [0, 0.05) is 50.2 Å². The molecular formula is C25H29F2N7O2. The van der Waals surface area contributed by atoms with Crippen molar-refractivity contribution in [3.05, 3.63) is 47.5 Å². The van der Waals surface area contributed by atoms with E-state index in [9.17, 15) is 4.79 Å². The van der Waals surface area contributed by atoms with E-state index in [0.29, 0.717) is 22.8 Å². The van der Waals surface area contributed by atoms with Gasteiger partial charge in [0.15, 0.2) is 11.4 Å². The number of aryl methyl sites for hydroxylation is 2. The molecule has 36 heavy (non-hydrogen) atoms. The van der Waals surface area contributed by atoms with Crippen LogP contribution in [0.25, 0.3) is 16.6 Å². The molecule has 1 fully saturated rings. The number of carbonyl (C=O) groups is 1. The number of hydrogen-bond acceptors (Lipinski definition) is 6. The van der Waals surface area contributed by atoms with E-state index in [1.165, 1.54) is 23.8 Å². The average Bonchev–Trinajstić information content (AvgIpc) is 3.41. The molecular weight excluding hydrogens is 468 g/mol. The fourth-order valence-corrected chi connectivity index (χ4v) is 5.00. The first-order valence-corrected chi connectivity index (χ1v) is 12.0. The van der Waals surface area contributed by atoms with Crippen LogP contribution in [0, 0.1) is 18.6 Å². The zero-order valence-corrected chi connectivity index (χ0v) is 20.7. The maximum absolute atomic E-state index is 15.5. The van der Waals surface area contributed by atoms with Crippen LogP contribution in [0.15, 0.2) is 24.7 Å². The van der Waals surface area contributed by atoms with Gasteiger partial charge in [-0.3, -0.25) is 9.48 Å². The van der Waals surface area contributed by atoms with Crippen LogP contribution in [0.5, 0.6) is 5.75 Å². The van der Waals surface area contributed by atoms with Crippen molar-refractivity contribution in [2.24, 2.45) is 7.05 Å². The lowest BCUT2D eigenvalue weighted by atomic mass is 10.0. The lowest BCUT2D eigenvalue weighted by Gasteiger charge is -2.34. The third-order valence-corrected chi connectivity index (χ3v) is 6.61. The molecule has 2 N–H and O–H groups in total. The lowest BCUT2D eigenvalue weighted by Crippen LogP contribution is -2.42. The minimum Gasteiger partial charge on any atom is -0.491 e. The molecule has 1 aliphatic rings. The number of anilines is 2. The number of amides is 1. The Bertz CT molecular complexity index is 1450. The molecule has 3 aromatic heterocycles. The molecule has 1 amide bonds. The van der Waals surface area contributed by atoms with Crippen molar-refractivity contribution in [3.63, 3.8) is 0 Å². The molecule has 0 radical (unpaired) electrons. The highest BCUT2D eigenvalue weighted by atomic mass is 19.1. The molecule has 0 aliphatic carbocycles. The number of hydrogen-bond donors (Lipinski definition) is 2. The van der Waals surface area contributed by atoms with Crippen molar-refractivity contribution >= 4 is 33.8 Å². The summed E-state index contributed by atoms with van der Waals surface area (Å²) in [5.41, 5.74) is 1.48. The average molecular weight is 498 g/mol. The maximum Gasteiger partial charge on any atom is 0.261 e. The molecule has 190 valence electrons. The van der Waals surface area contributed by atoms with Crippen LogP contribution in [0.1, 0.15) is 35.8 Å². The van der Waals surface area contributed by atoms with Gasteiger partial charge in [-0.25, -0.2) is 9.37 Å². The highest BCUT2D eigenvalue weighted by molar-refractivity contribution is 6.14. The standard InChI is InChI=1S/C25H29F2N7O2/c1-5-28-15-6-8-33(9-7-15)19-10-17(26)20(22-16(19)12-32(3)31-22)25(35)30-18-13-34-11-14(2)29-24(34)21(27)23(18)36-4/h10-13,15,28H,5-9H2,1-4H3,(H,30,35). The molecule has 11 heteroatoms. The van der Waals surface area contributed by atoms with E-state index in [2.05, 4.69) is 32.5 Å². The van der Waals surface area contributed by atoms with Crippen LogP contribution in [0.2, 0.25) is 0 Å². The first kappa shape index (κ1) is 24.0. The molecule has 0 saturated carbocycles. The van der Waals surface area contributed by atoms with Crippen LogP contribution in [-0.4, -0.2) is 57.9 Å². The molecule has 0 bridgehead atoms. The Morgan fingerprint density at radius 1 is 1.22 bits per heavy atom. The van der Waals surface area contributed by atoms with E-state index in [0.717, 1.165) is 32.5 Å². The number of piperidine rings is 1. The molecule has 0 atom stereocenters. The second kappa shape index (κ2) is 9.38. The van der Waals surface area contributed by atoms with Gasteiger partial charge in [-0.2, -0.15) is 9.49 Å². The largest absolute Gasteiger partial charge is 0.491 e. The predicted octanol–water partition coefficient (Wildman–Crippen LogP) is 3.65. The number of aromatic nitrogens is 4. The minimum absolute atomic E-state index is 0.0583. The van der Waals surface area contributed by atoms with Crippen molar-refractivity contribution in [1.29, 1.82) is 0 Å². The summed E-state index contributed by atoms with van der Waals surface area (Å²) in [6.45, 7) is 6.27. The van der Waals surface area contributed by atoms with Crippen molar-refractivity contribution < 1.29 is 18.3 Å². The van der Waals surface area contributed by atoms with E-state index in [4.69, 9.17) is 4.74 Å². The van der Waals surface area contributed by atoms with Gasteiger partial charge in [-0.05, 0) is 32.4 Å². The summed E-state index contributed by atoms with van der Waals surface area (Å²) in [7, 11) is 3.03. The van der Waals surface area contributed by atoms with Crippen LogP contribution in [0.4, 0.5) is 20.2 Å². The summed E-state index contributed by atoms with van der Waals surface area (Å²) in [4.78, 5) is 19.6. The number of rotatable bonds is 6. The Morgan fingerprint density at radius 2 is 1.97 bits per heavy atom. The van der Waals surface area contributed by atoms with Crippen LogP contribution >= 0.6 is 0 Å². The SMILES string of the molecule is CCNC1CCN(c2cc(F)c(C(=O)Nc3cn4cc(C)nc4c(F)c3OC)c3nn(C)cc23)CC1. The zero-order valence-electron chi connectivity index (χ0n) is 20.7. The van der Waals surface area contributed by atoms with Gasteiger partial charge in [0.05, 0.1) is 18.5 Å². The third-order valence-electron chi connectivity index (χ3n) is 6.61. The first-order chi connectivity index (χ1) is 17.3. The Morgan fingerprint density at radius 3 is 2.67 bits per heavy atom. The van der Waals surface area contributed by atoms with E-state index in [1.807, 2.05) is 0 Å². The van der Waals surface area contributed by atoms with Gasteiger partial charge in [0.2, 0.25) is 5.82 Å². The maximum atomic E-state index is 15.5. The summed E-state index contributed by atoms with van der Waals surface area (Å²) < 4.78 is 38.8. The summed E-state index contributed by atoms with van der Waals surface area (Å²) in [6.07, 6.45) is 6.80. The fraction of sp³-hybridized carbons (Fsp3) is 0.400. The first-order valence-electron chi connectivity index (χ1n) is 12.0. The van der Waals surface area contributed by atoms with E-state index in [1.54, 1.807) is 31.0 Å². The Balaban J connectivity index is 1.52. The molecule has 5 rings (SSSR count). The highest BCUT2D eigenvalue weighted by Gasteiger charge is 2.27. The fourth-order valence-electron chi connectivity index (χ4n) is 5.00. The molecule has 0 unspecified atom stereocenters. The normalized spacial score (nSPS) is 14.7. The molecule has 9 nitrogen and oxygen atoms in total. The second-order valence-electron chi connectivity index (χ2n) is 9.09. The van der Waals surface area contributed by atoms with Crippen molar-refractivity contribution in [3.8, 4) is 5.75 Å². The molecule has 1 aliphatic heterocycles. The van der Waals surface area contributed by atoms with Gasteiger partial charge in [-0.15, -0.1) is 0 Å². The topological polar surface area (TPSA) is 88.7 Å². The van der Waals surface area contributed by atoms with Gasteiger partial charge in [0.25, 0.3) is 5.91 Å². The number of methoxy groups -OCH3 is 1. The van der Waals surface area contributed by atoms with E-state index < -0.39 is 17.5 Å². The Kier molecular flexibility index (Phi) is 6.25. The highest BCUT2D eigenvalue weighted by Crippen LogP contribution is 2.35. The number of carbonyl (C=O) groups excluding carboxylic acids is 1. The number of halogens is 2. The smallest absolute Gasteiger partial charge is 0.261 e. The minimum atomic E-state index is -0.748. The number of benzene rings is 1. The lowest BCUT2D eigenvalue weighted by molar-refractivity contribution is 0.102. The van der Waals surface area contributed by atoms with Crippen molar-refractivity contribution in [2.75, 3.05) is 37.0 Å². The Labute approximate surface area is 207 Å². The predicted molar refractivity (Wildman–Crippen MR) is 134 cm³/mol. The summed E-state index contributed by atoms with van der Waals surface area (Å²) >= 11 is 0. The number of pyridine rings is 1. The molecule has 1 saturated heterocycles. The summed E-state index contributed by atoms with van der Waals surface area (Å²) in [5.74, 6) is -2.34. The molecule has 4 aromatic rings. The van der Waals surface area contributed by atoms with Crippen molar-refractivity contribution in [2.45, 2.75) is 32.7 Å². The zero-order chi connectivity index (χ0) is 25.6. The monoisotopic (exact) mass is 497 g/mol. The van der Waals surface area contributed by atoms with E-state index >= 15 is 8.78 Å². The van der Waals surface area contributed by atoms with Crippen LogP contribution in [0.3, 0.4) is 0 Å². The number of imidazole rings is 1. The third kappa shape index (κ3) is 4.13. The summed E-state index contributed by atoms with van der Waals surface area (Å²) in [6, 6.07) is 1.84. The second-order valence-corrected chi connectivity index (χ2v) is 9.09. The quantitative estimate of drug-likeness (QED) is 0.423. The van der Waals surface area contributed by atoms with Gasteiger partial charge in [0.1, 0.15) is 22.6 Å². The van der Waals surface area contributed by atoms with E-state index in [-0.39, 0.29) is 28.2 Å². The summed E-state index contributed by atoms with van der Waals surface area (Å²) in [5, 5.41) is 11.2. The molecule has 0 spiro atoms. The van der Waals surface area contributed by atoms with Gasteiger partial charge < -0.3 is 24.7 Å². The van der Waals surface area contributed by atoms with Crippen LogP contribution in [-0.2, 0) is 7.05 Å². The number of nitrogens with one attached hydrogen (secondary N) is 2. The van der Waals surface area contributed by atoms with Crippen LogP contribution < -0.4 is 20.3 Å². The number of fused-ring (bicyclic) bond motifs is 2.